The smallest absolute Gasteiger partial charge is 1.00 e. The van der Waals surface area contributed by atoms with Gasteiger partial charge >= 0.3 is 26.2 Å². The van der Waals surface area contributed by atoms with Crippen LogP contribution in [0.2, 0.25) is 0 Å². The molecule has 31 heavy (non-hydrogen) atoms. The first-order valence-corrected chi connectivity index (χ1v) is 11.5. The number of hydrogen-bond acceptors (Lipinski definition) is 0. The molecule has 0 spiro atoms. The molecule has 1 radical (unpaired) electrons. The van der Waals surface area contributed by atoms with Crippen molar-refractivity contribution < 1.29 is 51.0 Å². The second-order valence-corrected chi connectivity index (χ2v) is 9.95. The number of rotatable bonds is 3. The number of hydrogen-bond donors (Lipinski definition) is 0. The summed E-state index contributed by atoms with van der Waals surface area (Å²) in [5.41, 5.74) is 7.02. The number of allylic oxidation sites excluding steroid dienone is 8. The van der Waals surface area contributed by atoms with Gasteiger partial charge in [-0.15, -0.1) is 19.8 Å². The van der Waals surface area contributed by atoms with Gasteiger partial charge in [-0.2, -0.15) is 17.2 Å². The van der Waals surface area contributed by atoms with Crippen LogP contribution >= 0.6 is 0 Å². The van der Waals surface area contributed by atoms with E-state index < -0.39 is 8.80 Å². The topological polar surface area (TPSA) is 0 Å². The van der Waals surface area contributed by atoms with Crippen LogP contribution in [0.1, 0.15) is 44.7 Å². The molecule has 0 saturated heterocycles. The number of benzene rings is 2. The van der Waals surface area contributed by atoms with E-state index in [1.165, 1.54) is 43.4 Å². The molecule has 0 atom stereocenters. The molecule has 0 bridgehead atoms. The first-order valence-electron chi connectivity index (χ1n) is 10.00. The summed E-state index contributed by atoms with van der Waals surface area (Å²) < 4.78 is 0. The maximum atomic E-state index is 3.56. The summed E-state index contributed by atoms with van der Waals surface area (Å²) in [4.78, 5) is 0. The summed E-state index contributed by atoms with van der Waals surface area (Å²) in [7, 11) is -0.919. The van der Waals surface area contributed by atoms with E-state index in [-0.39, 0.29) is 51.0 Å². The van der Waals surface area contributed by atoms with Crippen molar-refractivity contribution in [1.29, 1.82) is 0 Å². The van der Waals surface area contributed by atoms with E-state index in [2.05, 4.69) is 107 Å². The average molecular weight is 544 g/mol. The van der Waals surface area contributed by atoms with Crippen LogP contribution in [0.25, 0.3) is 0 Å². The minimum atomic E-state index is -0.919. The molecule has 2 aromatic rings. The molecule has 0 unspecified atom stereocenters. The van der Waals surface area contributed by atoms with Gasteiger partial charge in [-0.05, 0) is 13.8 Å². The average Bonchev–Trinajstić information content (AvgIpc) is 3.32. The third-order valence-electron chi connectivity index (χ3n) is 5.61. The molecule has 2 aliphatic rings. The first kappa shape index (κ1) is 30.1. The molecule has 0 N–H and O–H groups in total. The van der Waals surface area contributed by atoms with Crippen molar-refractivity contribution in [2.75, 3.05) is 0 Å². The second-order valence-electron chi connectivity index (χ2n) is 7.59. The Hall–Kier alpha value is -0.920. The van der Waals surface area contributed by atoms with Gasteiger partial charge in [-0.25, -0.2) is 16.8 Å². The van der Waals surface area contributed by atoms with Gasteiger partial charge < -0.3 is 24.8 Å². The van der Waals surface area contributed by atoms with Gasteiger partial charge in [-0.3, -0.25) is 12.2 Å². The largest absolute Gasteiger partial charge is 4.00 e. The Balaban J connectivity index is 0.000000704. The predicted molar refractivity (Wildman–Crippen MR) is 123 cm³/mol. The molecule has 159 valence electrons. The fraction of sp³-hybridized carbons (Fsp3) is 0.259. The van der Waals surface area contributed by atoms with E-state index in [0.29, 0.717) is 0 Å². The minimum Gasteiger partial charge on any atom is -1.00 e. The molecular formula is C27H29Cl2SiZr. The van der Waals surface area contributed by atoms with Crippen molar-refractivity contribution in [3.05, 3.63) is 106 Å². The molecule has 2 aliphatic carbocycles. The van der Waals surface area contributed by atoms with Crippen molar-refractivity contribution >= 4 is 19.2 Å². The van der Waals surface area contributed by atoms with Crippen molar-refractivity contribution in [2.45, 2.75) is 47.5 Å². The van der Waals surface area contributed by atoms with E-state index >= 15 is 0 Å². The van der Waals surface area contributed by atoms with E-state index in [4.69, 9.17) is 0 Å². The van der Waals surface area contributed by atoms with Gasteiger partial charge in [0.2, 0.25) is 0 Å². The quantitative estimate of drug-likeness (QED) is 0.366. The summed E-state index contributed by atoms with van der Waals surface area (Å²) in [6.07, 6.45) is 13.3. The van der Waals surface area contributed by atoms with Crippen molar-refractivity contribution in [2.24, 2.45) is 0 Å². The number of aryl methyl sites for hydroxylation is 2. The van der Waals surface area contributed by atoms with Crippen LogP contribution in [0.5, 0.6) is 0 Å². The van der Waals surface area contributed by atoms with Crippen LogP contribution in [0, 0.1) is 26.0 Å². The molecule has 0 amide bonds. The van der Waals surface area contributed by atoms with Crippen molar-refractivity contribution in [1.82, 2.24) is 0 Å². The first-order chi connectivity index (χ1) is 13.5. The molecule has 2 aromatic carbocycles. The van der Waals surface area contributed by atoms with Gasteiger partial charge in [-0.1, -0.05) is 83.9 Å². The third kappa shape index (κ3) is 7.57. The van der Waals surface area contributed by atoms with E-state index in [1.807, 2.05) is 0 Å². The monoisotopic (exact) mass is 541 g/mol. The molecule has 0 aromatic heterocycles. The molecular weight excluding hydrogens is 515 g/mol. The summed E-state index contributed by atoms with van der Waals surface area (Å²) in [5, 5.41) is 4.38. The van der Waals surface area contributed by atoms with Crippen LogP contribution in [0.15, 0.2) is 82.6 Å². The zero-order chi connectivity index (χ0) is 20.1. The maximum absolute atomic E-state index is 3.56. The van der Waals surface area contributed by atoms with Gasteiger partial charge in [0, 0.05) is 0 Å². The Morgan fingerprint density at radius 1 is 0.742 bits per heavy atom. The van der Waals surface area contributed by atoms with Gasteiger partial charge in [0.1, 0.15) is 8.80 Å². The minimum absolute atomic E-state index is 0. The van der Waals surface area contributed by atoms with Crippen LogP contribution in [0.3, 0.4) is 0 Å². The maximum Gasteiger partial charge on any atom is 4.00 e. The summed E-state index contributed by atoms with van der Waals surface area (Å²) in [5.74, 6) is 0. The Kier molecular flexibility index (Phi) is 13.8. The van der Waals surface area contributed by atoms with Crippen LogP contribution in [0.4, 0.5) is 0 Å². The van der Waals surface area contributed by atoms with E-state index in [1.54, 1.807) is 0 Å². The summed E-state index contributed by atoms with van der Waals surface area (Å²) in [6.45, 7) is 10.9. The summed E-state index contributed by atoms with van der Waals surface area (Å²) in [6, 6.07) is 17.6. The fourth-order valence-electron chi connectivity index (χ4n) is 3.57. The normalized spacial score (nSPS) is 14.0. The molecule has 0 fully saturated rings. The van der Waals surface area contributed by atoms with E-state index in [9.17, 15) is 0 Å². The van der Waals surface area contributed by atoms with Gasteiger partial charge in [0.05, 0.1) is 0 Å². The van der Waals surface area contributed by atoms with Gasteiger partial charge in [0.25, 0.3) is 0 Å². The predicted octanol–water partition coefficient (Wildman–Crippen LogP) is -0.377. The Bertz CT molecular complexity index is 935. The zero-order valence-corrected chi connectivity index (χ0v) is 23.9. The van der Waals surface area contributed by atoms with E-state index in [0.717, 1.165) is 12.8 Å². The molecule has 4 heteroatoms. The van der Waals surface area contributed by atoms with Crippen LogP contribution in [-0.4, -0.2) is 8.80 Å². The zero-order valence-electron chi connectivity index (χ0n) is 18.9. The molecule has 0 aliphatic heterocycles. The molecule has 0 heterocycles. The Labute approximate surface area is 222 Å². The van der Waals surface area contributed by atoms with Crippen molar-refractivity contribution in [3.63, 3.8) is 0 Å². The number of halogens is 2. The Morgan fingerprint density at radius 3 is 1.58 bits per heavy atom. The van der Waals surface area contributed by atoms with Gasteiger partial charge in [0.15, 0.2) is 0 Å². The summed E-state index contributed by atoms with van der Waals surface area (Å²) >= 11 is 0. The van der Waals surface area contributed by atoms with Crippen molar-refractivity contribution in [3.8, 4) is 0 Å². The fourth-order valence-corrected chi connectivity index (χ4v) is 6.48. The van der Waals surface area contributed by atoms with Crippen LogP contribution < -0.4 is 35.2 Å². The molecule has 4 rings (SSSR count). The third-order valence-corrected chi connectivity index (χ3v) is 8.70. The van der Waals surface area contributed by atoms with Crippen LogP contribution in [-0.2, 0) is 26.2 Å². The molecule has 0 nitrogen and oxygen atoms in total. The SMILES string of the molecule is CC1=[C-]CC(C)=C1C.Cc1ccccc1[Si](C1=[C-]CC=C1)c1ccccc1C.[Cl-].[Cl-].[Zr+4]. The Morgan fingerprint density at radius 2 is 1.26 bits per heavy atom. The molecule has 0 saturated carbocycles. The second kappa shape index (κ2) is 14.3. The standard InChI is InChI=1S/C19H18Si.C8H11.2ClH.Zr/c1-15-9-3-7-13-18(15)20(17-11-5-6-12-17)19-14-8-4-10-16(19)2;1-6-4-5-7(2)8(6)3;;;/h3-5,7-11,13-14H,6H2,1-2H3;4H2,1-3H3;2*1H;/q2*-1;;;+4/p-2.